The fourth-order valence-electron chi connectivity index (χ4n) is 2.99. The average Bonchev–Trinajstić information content (AvgIpc) is 3.11. The lowest BCUT2D eigenvalue weighted by molar-refractivity contribution is 0.102. The maximum atomic E-state index is 13.0. The highest BCUT2D eigenvalue weighted by atomic mass is 16.5. The lowest BCUT2D eigenvalue weighted by Gasteiger charge is -2.14. The number of aryl methyl sites for hydroxylation is 1. The molecular weight excluding hydrogens is 366 g/mol. The summed E-state index contributed by atoms with van der Waals surface area (Å²) in [6.07, 6.45) is 0. The highest BCUT2D eigenvalue weighted by Crippen LogP contribution is 2.29. The topological polar surface area (TPSA) is 65.4 Å². The number of methoxy groups -OCH3 is 2. The molecule has 0 radical (unpaired) electrons. The van der Waals surface area contributed by atoms with E-state index in [0.29, 0.717) is 22.9 Å². The van der Waals surface area contributed by atoms with Crippen molar-refractivity contribution in [3.63, 3.8) is 0 Å². The molecule has 152 valence electrons. The summed E-state index contributed by atoms with van der Waals surface area (Å²) >= 11 is 0. The van der Waals surface area contributed by atoms with Gasteiger partial charge >= 0.3 is 0 Å². The van der Waals surface area contributed by atoms with Gasteiger partial charge in [-0.3, -0.25) is 4.79 Å². The number of nitrogens with zero attached hydrogens (tertiary/aromatic N) is 2. The van der Waals surface area contributed by atoms with Gasteiger partial charge < -0.3 is 14.8 Å². The molecule has 3 aromatic rings. The number of benzene rings is 2. The van der Waals surface area contributed by atoms with Crippen LogP contribution >= 0.6 is 0 Å². The summed E-state index contributed by atoms with van der Waals surface area (Å²) in [6, 6.07) is 15.0. The quantitative estimate of drug-likeness (QED) is 0.679. The molecule has 0 atom stereocenters. The third-order valence-corrected chi connectivity index (χ3v) is 4.72. The first-order valence-corrected chi connectivity index (χ1v) is 9.44. The normalized spacial score (nSPS) is 11.2. The zero-order chi connectivity index (χ0) is 21.2. The van der Waals surface area contributed by atoms with E-state index in [0.717, 1.165) is 16.9 Å². The first-order chi connectivity index (χ1) is 13.7. The number of nitrogens with one attached hydrogen (secondary N) is 1. The molecule has 0 spiro atoms. The molecule has 3 rings (SSSR count). The molecule has 0 aliphatic rings. The van der Waals surface area contributed by atoms with E-state index >= 15 is 0 Å². The first-order valence-electron chi connectivity index (χ1n) is 9.44. The molecule has 0 unspecified atom stereocenters. The van der Waals surface area contributed by atoms with Gasteiger partial charge in [0.1, 0.15) is 17.3 Å². The molecule has 29 heavy (non-hydrogen) atoms. The fraction of sp³-hybridized carbons (Fsp3) is 0.304. The van der Waals surface area contributed by atoms with Crippen LogP contribution in [0.15, 0.2) is 48.5 Å². The maximum Gasteiger partial charge on any atom is 0.260 e. The van der Waals surface area contributed by atoms with Crippen LogP contribution in [0.3, 0.4) is 0 Å². The summed E-state index contributed by atoms with van der Waals surface area (Å²) in [5.41, 5.74) is 3.13. The van der Waals surface area contributed by atoms with E-state index in [4.69, 9.17) is 14.6 Å². The lowest BCUT2D eigenvalue weighted by Crippen LogP contribution is -2.16. The molecule has 0 bridgehead atoms. The van der Waals surface area contributed by atoms with Crippen LogP contribution in [0.1, 0.15) is 42.4 Å². The largest absolute Gasteiger partial charge is 0.497 e. The zero-order valence-electron chi connectivity index (χ0n) is 17.7. The van der Waals surface area contributed by atoms with Crippen molar-refractivity contribution in [2.75, 3.05) is 19.5 Å². The van der Waals surface area contributed by atoms with E-state index in [1.165, 1.54) is 7.11 Å². The summed E-state index contributed by atoms with van der Waals surface area (Å²) in [5.74, 6) is 1.39. The van der Waals surface area contributed by atoms with Crippen molar-refractivity contribution in [1.82, 2.24) is 9.78 Å². The predicted octanol–water partition coefficient (Wildman–Crippen LogP) is 4.75. The molecule has 0 aliphatic heterocycles. The Morgan fingerprint density at radius 3 is 2.38 bits per heavy atom. The Morgan fingerprint density at radius 1 is 1.03 bits per heavy atom. The average molecular weight is 393 g/mol. The van der Waals surface area contributed by atoms with Crippen molar-refractivity contribution in [3.05, 3.63) is 65.4 Å². The van der Waals surface area contributed by atoms with Crippen LogP contribution in [0, 0.1) is 6.92 Å². The van der Waals surface area contributed by atoms with E-state index in [1.54, 1.807) is 30.0 Å². The van der Waals surface area contributed by atoms with Crippen LogP contribution in [0.4, 0.5) is 5.82 Å². The Morgan fingerprint density at radius 2 is 1.76 bits per heavy atom. The molecule has 1 heterocycles. The van der Waals surface area contributed by atoms with E-state index in [1.807, 2.05) is 37.3 Å². The number of carbonyl (C=O) groups excluding carboxylic acids is 1. The van der Waals surface area contributed by atoms with Crippen LogP contribution in [-0.2, 0) is 5.41 Å². The number of hydrogen-bond donors (Lipinski definition) is 1. The third kappa shape index (κ3) is 4.26. The van der Waals surface area contributed by atoms with Crippen LogP contribution in [0.5, 0.6) is 11.5 Å². The summed E-state index contributed by atoms with van der Waals surface area (Å²) in [6.45, 7) is 8.30. The molecule has 0 fully saturated rings. The number of amides is 1. The lowest BCUT2D eigenvalue weighted by atomic mass is 9.92. The van der Waals surface area contributed by atoms with Crippen molar-refractivity contribution in [2.24, 2.45) is 0 Å². The minimum Gasteiger partial charge on any atom is -0.497 e. The van der Waals surface area contributed by atoms with Crippen molar-refractivity contribution in [1.29, 1.82) is 0 Å². The fourth-order valence-corrected chi connectivity index (χ4v) is 2.99. The molecule has 0 aliphatic carbocycles. The first kappa shape index (κ1) is 20.5. The van der Waals surface area contributed by atoms with Gasteiger partial charge in [-0.25, -0.2) is 4.68 Å². The van der Waals surface area contributed by atoms with Gasteiger partial charge in [0.25, 0.3) is 5.91 Å². The summed E-state index contributed by atoms with van der Waals surface area (Å²) in [5, 5.41) is 7.78. The number of aromatic nitrogens is 2. The van der Waals surface area contributed by atoms with Crippen LogP contribution in [0.25, 0.3) is 5.69 Å². The zero-order valence-corrected chi connectivity index (χ0v) is 17.7. The number of carbonyl (C=O) groups is 1. The smallest absolute Gasteiger partial charge is 0.260 e. The summed E-state index contributed by atoms with van der Waals surface area (Å²) in [7, 11) is 3.10. The highest BCUT2D eigenvalue weighted by Gasteiger charge is 2.23. The molecule has 1 N–H and O–H groups in total. The number of ether oxygens (including phenoxy) is 2. The standard InChI is InChI=1S/C23H27N3O3/c1-15-9-7-8-10-18(15)26-21(14-20(25-26)23(2,3)4)24-22(27)17-12-11-16(28-5)13-19(17)29-6/h7-14H,1-6H3,(H,24,27). The Kier molecular flexibility index (Phi) is 5.64. The summed E-state index contributed by atoms with van der Waals surface area (Å²) in [4.78, 5) is 13.0. The highest BCUT2D eigenvalue weighted by molar-refractivity contribution is 6.06. The Labute approximate surface area is 171 Å². The molecule has 1 aromatic heterocycles. The minimum absolute atomic E-state index is 0.161. The number of hydrogen-bond acceptors (Lipinski definition) is 4. The second kappa shape index (κ2) is 7.99. The molecule has 0 saturated heterocycles. The van der Waals surface area contributed by atoms with E-state index in [-0.39, 0.29) is 11.3 Å². The molecular formula is C23H27N3O3. The Hall–Kier alpha value is -3.28. The van der Waals surface area contributed by atoms with Gasteiger partial charge in [0.05, 0.1) is 31.2 Å². The van der Waals surface area contributed by atoms with Gasteiger partial charge in [0.15, 0.2) is 0 Å². The van der Waals surface area contributed by atoms with Crippen LogP contribution in [0.2, 0.25) is 0 Å². The number of rotatable bonds is 5. The van der Waals surface area contributed by atoms with Crippen LogP contribution < -0.4 is 14.8 Å². The second-order valence-electron chi connectivity index (χ2n) is 7.88. The van der Waals surface area contributed by atoms with Crippen molar-refractivity contribution < 1.29 is 14.3 Å². The van der Waals surface area contributed by atoms with Gasteiger partial charge in [-0.2, -0.15) is 5.10 Å². The van der Waals surface area contributed by atoms with Crippen molar-refractivity contribution in [3.8, 4) is 17.2 Å². The monoisotopic (exact) mass is 393 g/mol. The molecule has 0 saturated carbocycles. The Bertz CT molecular complexity index is 1030. The predicted molar refractivity (Wildman–Crippen MR) is 115 cm³/mol. The van der Waals surface area contributed by atoms with Crippen LogP contribution in [-0.4, -0.2) is 29.9 Å². The van der Waals surface area contributed by atoms with Gasteiger partial charge in [0.2, 0.25) is 0 Å². The van der Waals surface area contributed by atoms with Gasteiger partial charge in [-0.05, 0) is 30.7 Å². The number of anilines is 1. The van der Waals surface area contributed by atoms with Gasteiger partial charge in [-0.1, -0.05) is 39.0 Å². The molecule has 1 amide bonds. The van der Waals surface area contributed by atoms with Crippen molar-refractivity contribution in [2.45, 2.75) is 33.1 Å². The van der Waals surface area contributed by atoms with E-state index < -0.39 is 0 Å². The summed E-state index contributed by atoms with van der Waals surface area (Å²) < 4.78 is 12.4. The van der Waals surface area contributed by atoms with Gasteiger partial charge in [0, 0.05) is 17.5 Å². The number of para-hydroxylation sites is 1. The molecule has 2 aromatic carbocycles. The second-order valence-corrected chi connectivity index (χ2v) is 7.88. The van der Waals surface area contributed by atoms with Crippen molar-refractivity contribution >= 4 is 11.7 Å². The maximum absolute atomic E-state index is 13.0. The van der Waals surface area contributed by atoms with Gasteiger partial charge in [-0.15, -0.1) is 0 Å². The van der Waals surface area contributed by atoms with E-state index in [9.17, 15) is 4.79 Å². The third-order valence-electron chi connectivity index (χ3n) is 4.72. The Balaban J connectivity index is 2.04. The molecule has 6 nitrogen and oxygen atoms in total. The minimum atomic E-state index is -0.278. The van der Waals surface area contributed by atoms with E-state index in [2.05, 4.69) is 26.1 Å². The molecule has 6 heteroatoms. The SMILES string of the molecule is COc1ccc(C(=O)Nc2cc(C(C)(C)C)nn2-c2ccccc2C)c(OC)c1.